The molecule has 3 aliphatic carbocycles. The van der Waals surface area contributed by atoms with Gasteiger partial charge in [-0.2, -0.15) is 0 Å². The predicted octanol–water partition coefficient (Wildman–Crippen LogP) is 2.51. The van der Waals surface area contributed by atoms with Crippen LogP contribution < -0.4 is 26.4 Å². The lowest BCUT2D eigenvalue weighted by molar-refractivity contribution is -0.173. The highest BCUT2D eigenvalue weighted by Crippen LogP contribution is 2.65. The lowest BCUT2D eigenvalue weighted by Gasteiger charge is -2.67. The predicted molar refractivity (Wildman–Crippen MR) is 169 cm³/mol. The molecular weight excluding hydrogens is 570 g/mol. The lowest BCUT2D eigenvalue weighted by Crippen LogP contribution is -2.77. The SMILES string of the molecule is Cc1ccc2cc1CNC(=O)[C@H](CCc1ccccc1)NC(=O)[C@@H](NC(=O)C13CC(N)(C1)C3)CC(=O)N1CCCC(CCO2)C1. The minimum absolute atomic E-state index is 0.165. The zero-order valence-electron chi connectivity index (χ0n) is 26.1. The number of carbonyl (C=O) groups excluding carboxylic acids is 4. The number of carbonyl (C=O) groups is 4. The molecule has 0 spiro atoms. The molecule has 2 heterocycles. The molecule has 7 rings (SSSR count). The molecule has 2 aromatic carbocycles. The summed E-state index contributed by atoms with van der Waals surface area (Å²) in [5, 5.41) is 8.83. The minimum Gasteiger partial charge on any atom is -0.494 e. The van der Waals surface area contributed by atoms with Crippen LogP contribution in [-0.2, 0) is 32.1 Å². The van der Waals surface area contributed by atoms with Crippen molar-refractivity contribution in [3.63, 3.8) is 0 Å². The molecule has 10 heteroatoms. The van der Waals surface area contributed by atoms with Gasteiger partial charge >= 0.3 is 0 Å². The van der Waals surface area contributed by atoms with Crippen LogP contribution in [0.2, 0.25) is 0 Å². The molecule has 240 valence electrons. The van der Waals surface area contributed by atoms with E-state index in [-0.39, 0.29) is 42.1 Å². The molecule has 6 bridgehead atoms. The molecule has 10 nitrogen and oxygen atoms in total. The van der Waals surface area contributed by atoms with E-state index in [1.54, 1.807) is 0 Å². The van der Waals surface area contributed by atoms with Gasteiger partial charge in [0, 0.05) is 25.2 Å². The standard InChI is InChI=1S/C35H45N5O5/c1-23-9-11-27-16-26(23)18-37-31(42)28(12-10-24-6-3-2-4-7-24)38-32(43)29(39-33(44)34-20-35(36,21-34)22-34)17-30(41)40-14-5-8-25(19-40)13-15-45-27/h2-4,6-7,9,11,16,25,28-29H,5,8,10,12-15,17-22,36H2,1H3,(H,37,42)(H,38,43)(H,39,44)/t25?,28-,29-,34?,35?/m0/s1. The van der Waals surface area contributed by atoms with Gasteiger partial charge in [0.1, 0.15) is 17.8 Å². The molecule has 0 aromatic heterocycles. The van der Waals surface area contributed by atoms with E-state index in [1.807, 2.05) is 60.4 Å². The highest BCUT2D eigenvalue weighted by molar-refractivity contribution is 5.96. The Bertz CT molecular complexity index is 1430. The van der Waals surface area contributed by atoms with Crippen LogP contribution in [0.15, 0.2) is 48.5 Å². The van der Waals surface area contributed by atoms with E-state index in [4.69, 9.17) is 10.5 Å². The van der Waals surface area contributed by atoms with Gasteiger partial charge in [0.05, 0.1) is 18.4 Å². The van der Waals surface area contributed by atoms with Crippen molar-refractivity contribution in [3.05, 3.63) is 65.2 Å². The van der Waals surface area contributed by atoms with E-state index < -0.39 is 23.4 Å². The topological polar surface area (TPSA) is 143 Å². The summed E-state index contributed by atoms with van der Waals surface area (Å²) in [6, 6.07) is 13.7. The normalized spacial score (nSPS) is 30.3. The third-order valence-corrected chi connectivity index (χ3v) is 10.2. The molecule has 0 radical (unpaired) electrons. The van der Waals surface area contributed by atoms with Crippen LogP contribution in [-0.4, -0.2) is 65.8 Å². The number of fused-ring (bicyclic) bond motifs is 4. The summed E-state index contributed by atoms with van der Waals surface area (Å²) in [4.78, 5) is 56.4. The van der Waals surface area contributed by atoms with Crippen LogP contribution in [0.3, 0.4) is 0 Å². The Kier molecular flexibility index (Phi) is 8.86. The van der Waals surface area contributed by atoms with Crippen LogP contribution >= 0.6 is 0 Å². The van der Waals surface area contributed by atoms with Crippen LogP contribution in [0, 0.1) is 18.3 Å². The minimum atomic E-state index is -1.10. The number of amides is 4. The average molecular weight is 616 g/mol. The van der Waals surface area contributed by atoms with Gasteiger partial charge in [-0.05, 0) is 93.0 Å². The summed E-state index contributed by atoms with van der Waals surface area (Å²) in [5.74, 6) is -0.239. The summed E-state index contributed by atoms with van der Waals surface area (Å²) in [6.07, 6.45) is 5.20. The van der Waals surface area contributed by atoms with Gasteiger partial charge in [-0.1, -0.05) is 36.4 Å². The van der Waals surface area contributed by atoms with Gasteiger partial charge in [0.2, 0.25) is 23.6 Å². The van der Waals surface area contributed by atoms with E-state index in [0.29, 0.717) is 51.8 Å². The first-order valence-corrected chi connectivity index (χ1v) is 16.3. The Morgan fingerprint density at radius 3 is 2.60 bits per heavy atom. The second-order valence-electron chi connectivity index (χ2n) is 13.8. The number of hydrogen-bond acceptors (Lipinski definition) is 6. The lowest BCUT2D eigenvalue weighted by atomic mass is 9.39. The van der Waals surface area contributed by atoms with Crippen molar-refractivity contribution >= 4 is 23.6 Å². The van der Waals surface area contributed by atoms with Crippen molar-refractivity contribution in [3.8, 4) is 5.75 Å². The number of aryl methyl sites for hydroxylation is 2. The number of hydrogen-bond donors (Lipinski definition) is 4. The Morgan fingerprint density at radius 2 is 1.84 bits per heavy atom. The summed E-state index contributed by atoms with van der Waals surface area (Å²) < 4.78 is 6.10. The fourth-order valence-electron chi connectivity index (χ4n) is 7.53. The number of nitrogens with two attached hydrogens (primary N) is 1. The van der Waals surface area contributed by atoms with Crippen LogP contribution in [0.25, 0.3) is 0 Å². The summed E-state index contributed by atoms with van der Waals surface area (Å²) >= 11 is 0. The molecule has 5 N–H and O–H groups in total. The molecule has 5 aliphatic rings. The first kappa shape index (κ1) is 31.1. The number of piperidine rings is 1. The third kappa shape index (κ3) is 7.01. The van der Waals surface area contributed by atoms with Gasteiger partial charge in [0.25, 0.3) is 0 Å². The van der Waals surface area contributed by atoms with E-state index in [1.165, 1.54) is 0 Å². The maximum atomic E-state index is 13.9. The maximum absolute atomic E-state index is 13.9. The Morgan fingerprint density at radius 1 is 1.07 bits per heavy atom. The molecule has 4 amide bonds. The van der Waals surface area contributed by atoms with Gasteiger partial charge < -0.3 is 31.3 Å². The number of nitrogens with zero attached hydrogens (tertiary/aromatic N) is 1. The first-order valence-electron chi connectivity index (χ1n) is 16.3. The van der Waals surface area contributed by atoms with Gasteiger partial charge in [-0.25, -0.2) is 0 Å². The molecule has 2 aromatic rings. The van der Waals surface area contributed by atoms with Crippen molar-refractivity contribution < 1.29 is 23.9 Å². The van der Waals surface area contributed by atoms with Crippen molar-refractivity contribution in [2.24, 2.45) is 17.1 Å². The first-order chi connectivity index (χ1) is 21.6. The van der Waals surface area contributed by atoms with E-state index in [9.17, 15) is 19.2 Å². The average Bonchev–Trinajstić information content (AvgIpc) is 3.00. The number of nitrogens with one attached hydrogen (secondary N) is 3. The van der Waals surface area contributed by atoms with Gasteiger partial charge in [-0.15, -0.1) is 0 Å². The Labute approximate surface area is 264 Å². The molecule has 4 fully saturated rings. The van der Waals surface area contributed by atoms with Gasteiger partial charge in [0.15, 0.2) is 0 Å². The van der Waals surface area contributed by atoms with Crippen molar-refractivity contribution in [2.45, 2.75) is 88.9 Å². The number of rotatable bonds is 5. The fourth-order valence-corrected chi connectivity index (χ4v) is 7.53. The number of ether oxygens (including phenoxy) is 1. The van der Waals surface area contributed by atoms with Crippen LogP contribution in [0.5, 0.6) is 5.75 Å². The quantitative estimate of drug-likeness (QED) is 0.407. The van der Waals surface area contributed by atoms with Crippen molar-refractivity contribution in [2.75, 3.05) is 19.7 Å². The second kappa shape index (κ2) is 12.8. The summed E-state index contributed by atoms with van der Waals surface area (Å²) in [5.41, 5.74) is 8.37. The molecule has 1 saturated heterocycles. The zero-order valence-corrected chi connectivity index (χ0v) is 26.1. The Hall–Kier alpha value is -3.92. The molecule has 3 saturated carbocycles. The number of benzene rings is 2. The summed E-state index contributed by atoms with van der Waals surface area (Å²) in [6.45, 7) is 3.99. The molecule has 2 aliphatic heterocycles. The highest BCUT2D eigenvalue weighted by atomic mass is 16.5. The van der Waals surface area contributed by atoms with E-state index in [2.05, 4.69) is 16.0 Å². The smallest absolute Gasteiger partial charge is 0.243 e. The molecular formula is C35H45N5O5. The summed E-state index contributed by atoms with van der Waals surface area (Å²) in [7, 11) is 0. The fraction of sp³-hybridized carbons (Fsp3) is 0.543. The van der Waals surface area contributed by atoms with Crippen LogP contribution in [0.1, 0.15) is 68.1 Å². The third-order valence-electron chi connectivity index (χ3n) is 10.2. The molecule has 3 atom stereocenters. The van der Waals surface area contributed by atoms with E-state index in [0.717, 1.165) is 41.7 Å². The monoisotopic (exact) mass is 615 g/mol. The van der Waals surface area contributed by atoms with Crippen molar-refractivity contribution in [1.29, 1.82) is 0 Å². The van der Waals surface area contributed by atoms with E-state index >= 15 is 0 Å². The Balaban J connectivity index is 1.25. The van der Waals surface area contributed by atoms with Gasteiger partial charge in [-0.3, -0.25) is 19.2 Å². The van der Waals surface area contributed by atoms with Crippen molar-refractivity contribution in [1.82, 2.24) is 20.9 Å². The second-order valence-corrected chi connectivity index (χ2v) is 13.8. The molecule has 45 heavy (non-hydrogen) atoms. The highest BCUT2D eigenvalue weighted by Gasteiger charge is 2.69. The zero-order chi connectivity index (χ0) is 31.6. The maximum Gasteiger partial charge on any atom is 0.243 e. The molecule has 1 unspecified atom stereocenters. The van der Waals surface area contributed by atoms with Crippen LogP contribution in [0.4, 0.5) is 0 Å². The largest absolute Gasteiger partial charge is 0.494 e.